The molecule has 0 bridgehead atoms. The maximum atomic E-state index is 13.7. The quantitative estimate of drug-likeness (QED) is 0.588. The molecule has 3 radical (unpaired) electrons. The van der Waals surface area contributed by atoms with E-state index in [1.165, 1.54) is 25.7 Å². The third-order valence-corrected chi connectivity index (χ3v) is 6.68. The molecule has 0 heterocycles. The fourth-order valence-corrected chi connectivity index (χ4v) is 4.60. The van der Waals surface area contributed by atoms with Crippen molar-refractivity contribution in [3.63, 3.8) is 0 Å². The van der Waals surface area contributed by atoms with Crippen LogP contribution < -0.4 is 0 Å². The van der Waals surface area contributed by atoms with Gasteiger partial charge in [-0.15, -0.1) is 0 Å². The summed E-state index contributed by atoms with van der Waals surface area (Å²) in [5.74, 6) is 1.03. The van der Waals surface area contributed by atoms with Gasteiger partial charge in [-0.2, -0.15) is 0 Å². The Hall–Kier alpha value is 0.979. The SMILES string of the molecule is OC1CCC(CC2CC[CH]([Sn])CC2)C(Cl)C1F. The number of hydrogen-bond donors (Lipinski definition) is 1. The zero-order valence-electron chi connectivity index (χ0n) is 10.1. The molecule has 0 aromatic carbocycles. The average Bonchev–Trinajstić information content (AvgIpc) is 2.33. The molecule has 4 unspecified atom stereocenters. The fourth-order valence-electron chi connectivity index (χ4n) is 3.25. The number of rotatable bonds is 2. The van der Waals surface area contributed by atoms with Gasteiger partial charge in [0.15, 0.2) is 0 Å². The van der Waals surface area contributed by atoms with Crippen LogP contribution >= 0.6 is 11.6 Å². The summed E-state index contributed by atoms with van der Waals surface area (Å²) in [6.07, 6.45) is 5.81. The average molecular weight is 366 g/mol. The second kappa shape index (κ2) is 6.42. The zero-order valence-corrected chi connectivity index (χ0v) is 13.7. The number of hydrogen-bond acceptors (Lipinski definition) is 1. The van der Waals surface area contributed by atoms with Gasteiger partial charge in [-0.1, -0.05) is 0 Å². The van der Waals surface area contributed by atoms with E-state index in [4.69, 9.17) is 11.6 Å². The molecule has 2 saturated carbocycles. The molecule has 4 heteroatoms. The molecule has 2 fully saturated rings. The van der Waals surface area contributed by atoms with Crippen molar-refractivity contribution >= 4 is 34.1 Å². The Morgan fingerprint density at radius 1 is 1.12 bits per heavy atom. The van der Waals surface area contributed by atoms with Gasteiger partial charge in [-0.05, 0) is 0 Å². The molecule has 0 aliphatic heterocycles. The summed E-state index contributed by atoms with van der Waals surface area (Å²) in [4.78, 5) is 0. The minimum atomic E-state index is -1.22. The Labute approximate surface area is 122 Å². The number of alkyl halides is 2. The van der Waals surface area contributed by atoms with Crippen molar-refractivity contribution in [2.75, 3.05) is 0 Å². The molecule has 97 valence electrons. The van der Waals surface area contributed by atoms with Crippen molar-refractivity contribution in [3.8, 4) is 0 Å². The summed E-state index contributed by atoms with van der Waals surface area (Å²) in [5, 5.41) is 8.98. The second-order valence-electron chi connectivity index (χ2n) is 5.75. The van der Waals surface area contributed by atoms with E-state index >= 15 is 0 Å². The Morgan fingerprint density at radius 3 is 2.41 bits per heavy atom. The van der Waals surface area contributed by atoms with Gasteiger partial charge in [0, 0.05) is 0 Å². The van der Waals surface area contributed by atoms with Crippen LogP contribution in [0.4, 0.5) is 4.39 Å². The van der Waals surface area contributed by atoms with Crippen LogP contribution in [0.25, 0.3) is 0 Å². The van der Waals surface area contributed by atoms with Crippen LogP contribution in [0.5, 0.6) is 0 Å². The van der Waals surface area contributed by atoms with Crippen LogP contribution in [0.2, 0.25) is 3.93 Å². The van der Waals surface area contributed by atoms with Crippen molar-refractivity contribution < 1.29 is 9.50 Å². The van der Waals surface area contributed by atoms with Crippen LogP contribution in [-0.2, 0) is 0 Å². The number of aliphatic hydroxyl groups is 1. The maximum absolute atomic E-state index is 13.7. The van der Waals surface area contributed by atoms with Gasteiger partial charge < -0.3 is 0 Å². The summed E-state index contributed by atoms with van der Waals surface area (Å²) >= 11 is 7.82. The molecular weight excluding hydrogens is 345 g/mol. The van der Waals surface area contributed by atoms with E-state index < -0.39 is 17.7 Å². The van der Waals surface area contributed by atoms with E-state index in [1.807, 2.05) is 0 Å². The third-order valence-electron chi connectivity index (χ3n) is 4.44. The molecule has 17 heavy (non-hydrogen) atoms. The standard InChI is InChI=1S/C13H21ClFO.Sn/c14-12-10(6-7-11(16)13(12)15)8-9-4-2-1-3-5-9;/h1,9-13,16H,2-8H2;. The number of aliphatic hydroxyl groups excluding tert-OH is 1. The molecule has 0 aromatic rings. The van der Waals surface area contributed by atoms with Gasteiger partial charge in [0.2, 0.25) is 0 Å². The van der Waals surface area contributed by atoms with Crippen LogP contribution in [0.3, 0.4) is 0 Å². The summed E-state index contributed by atoms with van der Waals surface area (Å²) in [7, 11) is 0. The fraction of sp³-hybridized carbons (Fsp3) is 1.00. The molecule has 2 rings (SSSR count). The monoisotopic (exact) mass is 367 g/mol. The van der Waals surface area contributed by atoms with Crippen molar-refractivity contribution in [2.24, 2.45) is 11.8 Å². The van der Waals surface area contributed by atoms with Gasteiger partial charge in [-0.25, -0.2) is 0 Å². The van der Waals surface area contributed by atoms with Gasteiger partial charge in [-0.3, -0.25) is 0 Å². The Morgan fingerprint density at radius 2 is 1.76 bits per heavy atom. The predicted molar refractivity (Wildman–Crippen MR) is 69.3 cm³/mol. The van der Waals surface area contributed by atoms with E-state index in [9.17, 15) is 9.50 Å². The van der Waals surface area contributed by atoms with Crippen LogP contribution in [0.15, 0.2) is 0 Å². The van der Waals surface area contributed by atoms with Crippen molar-refractivity contribution in [1.29, 1.82) is 0 Å². The van der Waals surface area contributed by atoms with Crippen LogP contribution in [0, 0.1) is 11.8 Å². The van der Waals surface area contributed by atoms with Gasteiger partial charge in [0.25, 0.3) is 0 Å². The van der Waals surface area contributed by atoms with Crippen LogP contribution in [-0.4, -0.2) is 45.3 Å². The first kappa shape index (κ1) is 14.4. The molecule has 1 nitrogen and oxygen atoms in total. The van der Waals surface area contributed by atoms with E-state index in [2.05, 4.69) is 0 Å². The summed E-state index contributed by atoms with van der Waals surface area (Å²) in [6.45, 7) is 0. The first-order valence-electron chi connectivity index (χ1n) is 6.75. The van der Waals surface area contributed by atoms with Gasteiger partial charge in [0.05, 0.1) is 0 Å². The van der Waals surface area contributed by atoms with Crippen molar-refractivity contribution in [2.45, 2.75) is 66.5 Å². The first-order valence-corrected chi connectivity index (χ1v) is 8.83. The van der Waals surface area contributed by atoms with E-state index in [-0.39, 0.29) is 5.92 Å². The summed E-state index contributed by atoms with van der Waals surface area (Å²) in [6, 6.07) is 0. The molecule has 2 aliphatic rings. The van der Waals surface area contributed by atoms with Crippen LogP contribution in [0.1, 0.15) is 44.9 Å². The normalized spacial score (nSPS) is 48.0. The van der Waals surface area contributed by atoms with E-state index in [0.717, 1.165) is 22.7 Å². The molecule has 1 N–H and O–H groups in total. The first-order chi connectivity index (χ1) is 8.08. The Bertz CT molecular complexity index is 246. The van der Waals surface area contributed by atoms with E-state index in [1.54, 1.807) is 22.5 Å². The van der Waals surface area contributed by atoms with Gasteiger partial charge >= 0.3 is 122 Å². The summed E-state index contributed by atoms with van der Waals surface area (Å²) in [5.41, 5.74) is 0. The molecule has 0 aromatic heterocycles. The summed E-state index contributed by atoms with van der Waals surface area (Å²) < 4.78 is 14.6. The zero-order chi connectivity index (χ0) is 12.4. The molecule has 0 spiro atoms. The van der Waals surface area contributed by atoms with Gasteiger partial charge in [0.1, 0.15) is 0 Å². The molecular formula is C13H21ClFOSn. The molecule has 2 aliphatic carbocycles. The molecule has 4 atom stereocenters. The molecule has 0 saturated heterocycles. The predicted octanol–water partition coefficient (Wildman–Crippen LogP) is 3.24. The van der Waals surface area contributed by atoms with Crippen molar-refractivity contribution in [1.82, 2.24) is 0 Å². The molecule has 0 amide bonds. The third kappa shape index (κ3) is 3.73. The topological polar surface area (TPSA) is 20.2 Å². The number of halogens is 2. The minimum absolute atomic E-state index is 0.279. The second-order valence-corrected chi connectivity index (χ2v) is 8.58. The van der Waals surface area contributed by atoms with E-state index in [0.29, 0.717) is 6.42 Å². The van der Waals surface area contributed by atoms with Crippen molar-refractivity contribution in [3.05, 3.63) is 0 Å². The Balaban J connectivity index is 1.82. The Kier molecular flexibility index (Phi) is 5.44.